The second kappa shape index (κ2) is 5.96. The van der Waals surface area contributed by atoms with Crippen LogP contribution in [0.4, 0.5) is 5.82 Å². The zero-order valence-corrected chi connectivity index (χ0v) is 12.7. The zero-order chi connectivity index (χ0) is 15.6. The summed E-state index contributed by atoms with van der Waals surface area (Å²) in [5.41, 5.74) is 0.126. The van der Waals surface area contributed by atoms with Crippen molar-refractivity contribution >= 4 is 22.0 Å². The minimum atomic E-state index is -3.43. The molecule has 0 atom stereocenters. The number of carboxylic acids is 1. The maximum Gasteiger partial charge on any atom is 0.339 e. The van der Waals surface area contributed by atoms with Crippen molar-refractivity contribution in [1.29, 1.82) is 0 Å². The number of piperazine rings is 1. The Bertz CT molecular complexity index is 624. The van der Waals surface area contributed by atoms with Crippen molar-refractivity contribution in [3.63, 3.8) is 0 Å². The van der Waals surface area contributed by atoms with E-state index in [9.17, 15) is 18.3 Å². The average molecular weight is 314 g/mol. The Labute approximate surface area is 123 Å². The van der Waals surface area contributed by atoms with Crippen LogP contribution in [0.5, 0.6) is 0 Å². The first kappa shape index (κ1) is 15.7. The molecule has 1 fully saturated rings. The number of aromatic nitrogens is 1. The third-order valence-corrected chi connectivity index (χ3v) is 5.28. The lowest BCUT2D eigenvalue weighted by molar-refractivity contribution is 0.0697. The van der Waals surface area contributed by atoms with Gasteiger partial charge < -0.3 is 10.0 Å². The Morgan fingerprint density at radius 3 is 2.43 bits per heavy atom. The van der Waals surface area contributed by atoms with Crippen molar-refractivity contribution in [1.82, 2.24) is 13.6 Å². The summed E-state index contributed by atoms with van der Waals surface area (Å²) in [5.74, 6) is -0.659. The smallest absolute Gasteiger partial charge is 0.339 e. The maximum absolute atomic E-state index is 12.0. The fourth-order valence-corrected chi connectivity index (χ4v) is 3.26. The Morgan fingerprint density at radius 1 is 1.29 bits per heavy atom. The topological polar surface area (TPSA) is 94.1 Å². The molecule has 2 rings (SSSR count). The summed E-state index contributed by atoms with van der Waals surface area (Å²) >= 11 is 0. The number of carboxylic acid groups (broad SMARTS) is 1. The van der Waals surface area contributed by atoms with Crippen molar-refractivity contribution in [3.8, 4) is 0 Å². The third-order valence-electron chi connectivity index (χ3n) is 3.34. The van der Waals surface area contributed by atoms with E-state index < -0.39 is 16.2 Å². The van der Waals surface area contributed by atoms with Crippen LogP contribution < -0.4 is 4.90 Å². The molecule has 0 radical (unpaired) electrons. The molecule has 1 N–H and O–H groups in total. The molecule has 0 unspecified atom stereocenters. The molecule has 0 spiro atoms. The molecule has 1 aliphatic rings. The van der Waals surface area contributed by atoms with E-state index in [1.165, 1.54) is 35.0 Å². The summed E-state index contributed by atoms with van der Waals surface area (Å²) in [7, 11) is -0.451. The Balaban J connectivity index is 2.14. The number of nitrogens with zero attached hydrogens (tertiary/aromatic N) is 4. The summed E-state index contributed by atoms with van der Waals surface area (Å²) < 4.78 is 26.6. The molecule has 1 saturated heterocycles. The van der Waals surface area contributed by atoms with E-state index in [0.717, 1.165) is 0 Å². The van der Waals surface area contributed by atoms with Gasteiger partial charge in [-0.05, 0) is 12.1 Å². The fourth-order valence-electron chi connectivity index (χ4n) is 2.18. The minimum Gasteiger partial charge on any atom is -0.478 e. The molecular formula is C12H18N4O4S. The predicted octanol–water partition coefficient (Wildman–Crippen LogP) is -0.292. The Morgan fingerprint density at radius 2 is 1.90 bits per heavy atom. The number of rotatable bonds is 4. The van der Waals surface area contributed by atoms with Crippen molar-refractivity contribution in [2.24, 2.45) is 0 Å². The van der Waals surface area contributed by atoms with Gasteiger partial charge in [0.15, 0.2) is 0 Å². The molecule has 21 heavy (non-hydrogen) atoms. The normalized spacial score (nSPS) is 17.2. The number of anilines is 1. The standard InChI is InChI=1S/C12H18N4O4S/c1-14(2)21(19,20)16-8-6-15(7-9-16)11-10(12(17)18)4-3-5-13-11/h3-5H,6-9H2,1-2H3,(H,17,18). The lowest BCUT2D eigenvalue weighted by Gasteiger charge is -2.36. The predicted molar refractivity (Wildman–Crippen MR) is 77.6 cm³/mol. The Kier molecular flexibility index (Phi) is 4.45. The van der Waals surface area contributed by atoms with Gasteiger partial charge in [0, 0.05) is 46.5 Å². The number of pyridine rings is 1. The van der Waals surface area contributed by atoms with Gasteiger partial charge >= 0.3 is 5.97 Å². The van der Waals surface area contributed by atoms with E-state index in [0.29, 0.717) is 32.0 Å². The first-order valence-electron chi connectivity index (χ1n) is 6.45. The highest BCUT2D eigenvalue weighted by Crippen LogP contribution is 2.20. The van der Waals surface area contributed by atoms with E-state index >= 15 is 0 Å². The van der Waals surface area contributed by atoms with Crippen LogP contribution >= 0.6 is 0 Å². The molecule has 116 valence electrons. The zero-order valence-electron chi connectivity index (χ0n) is 11.9. The van der Waals surface area contributed by atoms with Gasteiger partial charge in [0.1, 0.15) is 11.4 Å². The van der Waals surface area contributed by atoms with Gasteiger partial charge in [-0.15, -0.1) is 0 Å². The van der Waals surface area contributed by atoms with Crippen molar-refractivity contribution in [2.75, 3.05) is 45.2 Å². The molecule has 0 amide bonds. The molecule has 1 aromatic rings. The Hall–Kier alpha value is -1.71. The lowest BCUT2D eigenvalue weighted by Crippen LogP contribution is -2.52. The highest BCUT2D eigenvalue weighted by Gasteiger charge is 2.30. The maximum atomic E-state index is 12.0. The van der Waals surface area contributed by atoms with Crippen molar-refractivity contribution < 1.29 is 18.3 Å². The fraction of sp³-hybridized carbons (Fsp3) is 0.500. The molecule has 1 aromatic heterocycles. The van der Waals surface area contributed by atoms with E-state index in [1.807, 2.05) is 0 Å². The average Bonchev–Trinajstić information content (AvgIpc) is 2.47. The monoisotopic (exact) mass is 314 g/mol. The van der Waals surface area contributed by atoms with Gasteiger partial charge in [0.25, 0.3) is 10.2 Å². The first-order valence-corrected chi connectivity index (χ1v) is 7.84. The van der Waals surface area contributed by atoms with Crippen molar-refractivity contribution in [3.05, 3.63) is 23.9 Å². The summed E-state index contributed by atoms with van der Waals surface area (Å²) in [4.78, 5) is 17.1. The summed E-state index contributed by atoms with van der Waals surface area (Å²) in [6.07, 6.45) is 1.53. The second-order valence-electron chi connectivity index (χ2n) is 4.86. The molecule has 9 heteroatoms. The molecule has 0 bridgehead atoms. The molecule has 0 saturated carbocycles. The molecule has 8 nitrogen and oxygen atoms in total. The molecular weight excluding hydrogens is 296 g/mol. The molecule has 0 aliphatic carbocycles. The first-order chi connectivity index (χ1) is 9.84. The number of carbonyl (C=O) groups is 1. The highest BCUT2D eigenvalue weighted by atomic mass is 32.2. The largest absolute Gasteiger partial charge is 0.478 e. The second-order valence-corrected chi connectivity index (χ2v) is 7.00. The van der Waals surface area contributed by atoms with Crippen LogP contribution in [0.15, 0.2) is 18.3 Å². The number of aromatic carboxylic acids is 1. The van der Waals surface area contributed by atoms with Crippen LogP contribution in [0.3, 0.4) is 0 Å². The molecule has 0 aromatic carbocycles. The van der Waals surface area contributed by atoms with Crippen LogP contribution in [0, 0.1) is 0 Å². The van der Waals surface area contributed by atoms with E-state index in [1.54, 1.807) is 11.0 Å². The van der Waals surface area contributed by atoms with E-state index in [4.69, 9.17) is 0 Å². The quantitative estimate of drug-likeness (QED) is 0.820. The van der Waals surface area contributed by atoms with Crippen molar-refractivity contribution in [2.45, 2.75) is 0 Å². The van der Waals surface area contributed by atoms with Gasteiger partial charge in [-0.1, -0.05) is 0 Å². The number of hydrogen-bond donors (Lipinski definition) is 1. The minimum absolute atomic E-state index is 0.126. The van der Waals surface area contributed by atoms with Crippen LogP contribution in [-0.2, 0) is 10.2 Å². The van der Waals surface area contributed by atoms with Crippen LogP contribution in [0.2, 0.25) is 0 Å². The number of hydrogen-bond acceptors (Lipinski definition) is 5. The van der Waals surface area contributed by atoms with Gasteiger partial charge in [0.05, 0.1) is 0 Å². The highest BCUT2D eigenvalue weighted by molar-refractivity contribution is 7.86. The van der Waals surface area contributed by atoms with E-state index in [-0.39, 0.29) is 5.56 Å². The van der Waals surface area contributed by atoms with E-state index in [2.05, 4.69) is 4.98 Å². The van der Waals surface area contributed by atoms with Crippen LogP contribution in [0.1, 0.15) is 10.4 Å². The summed E-state index contributed by atoms with van der Waals surface area (Å²) in [6, 6.07) is 3.06. The van der Waals surface area contributed by atoms with Gasteiger partial charge in [-0.3, -0.25) is 0 Å². The summed E-state index contributed by atoms with van der Waals surface area (Å²) in [5, 5.41) is 9.17. The van der Waals surface area contributed by atoms with Gasteiger partial charge in [-0.2, -0.15) is 17.0 Å². The SMILES string of the molecule is CN(C)S(=O)(=O)N1CCN(c2ncccc2C(=O)O)CC1. The molecule has 1 aliphatic heterocycles. The van der Waals surface area contributed by atoms with Gasteiger partial charge in [0.2, 0.25) is 0 Å². The molecule has 2 heterocycles. The van der Waals surface area contributed by atoms with Crippen LogP contribution in [0.25, 0.3) is 0 Å². The third kappa shape index (κ3) is 3.14. The summed E-state index contributed by atoms with van der Waals surface area (Å²) in [6.45, 7) is 1.42. The lowest BCUT2D eigenvalue weighted by atomic mass is 10.2. The van der Waals surface area contributed by atoms with Crippen LogP contribution in [-0.4, -0.2) is 73.4 Å². The van der Waals surface area contributed by atoms with Gasteiger partial charge in [-0.25, -0.2) is 9.78 Å².